The zero-order valence-corrected chi connectivity index (χ0v) is 14.7. The molecule has 132 valence electrons. The van der Waals surface area contributed by atoms with Crippen molar-refractivity contribution in [1.82, 2.24) is 14.9 Å². The van der Waals surface area contributed by atoms with Gasteiger partial charge >= 0.3 is 0 Å². The quantitative estimate of drug-likeness (QED) is 0.857. The SMILES string of the molecule is c1ccc(C2CCCN(Cc3cnc(N4CCOCC4)nc3)C2)cc1. The number of aromatic nitrogens is 2. The molecule has 0 N–H and O–H groups in total. The summed E-state index contributed by atoms with van der Waals surface area (Å²) in [6, 6.07) is 10.9. The van der Waals surface area contributed by atoms with Crippen LogP contribution in [0.1, 0.15) is 29.9 Å². The van der Waals surface area contributed by atoms with Gasteiger partial charge in [0.15, 0.2) is 0 Å². The Labute approximate surface area is 149 Å². The second-order valence-electron chi connectivity index (χ2n) is 6.98. The second-order valence-corrected chi connectivity index (χ2v) is 6.98. The van der Waals surface area contributed by atoms with E-state index in [4.69, 9.17) is 4.74 Å². The molecule has 2 aliphatic heterocycles. The number of ether oxygens (including phenoxy) is 1. The summed E-state index contributed by atoms with van der Waals surface area (Å²) in [5.41, 5.74) is 2.66. The van der Waals surface area contributed by atoms with E-state index in [2.05, 4.69) is 50.1 Å². The minimum Gasteiger partial charge on any atom is -0.378 e. The summed E-state index contributed by atoms with van der Waals surface area (Å²) >= 11 is 0. The lowest BCUT2D eigenvalue weighted by Gasteiger charge is -2.33. The van der Waals surface area contributed by atoms with Crippen LogP contribution in [0.4, 0.5) is 5.95 Å². The van der Waals surface area contributed by atoms with E-state index in [1.165, 1.54) is 24.0 Å². The maximum absolute atomic E-state index is 5.39. The van der Waals surface area contributed by atoms with Crippen molar-refractivity contribution in [2.75, 3.05) is 44.3 Å². The lowest BCUT2D eigenvalue weighted by molar-refractivity contribution is 0.122. The highest BCUT2D eigenvalue weighted by Crippen LogP contribution is 2.27. The molecule has 1 atom stereocenters. The number of nitrogens with zero attached hydrogens (tertiary/aromatic N) is 4. The fraction of sp³-hybridized carbons (Fsp3) is 0.500. The first kappa shape index (κ1) is 16.5. The highest BCUT2D eigenvalue weighted by atomic mass is 16.5. The molecule has 1 aromatic heterocycles. The van der Waals surface area contributed by atoms with Crippen LogP contribution in [0.3, 0.4) is 0 Å². The lowest BCUT2D eigenvalue weighted by Crippen LogP contribution is -2.37. The molecule has 25 heavy (non-hydrogen) atoms. The van der Waals surface area contributed by atoms with E-state index in [-0.39, 0.29) is 0 Å². The first-order chi connectivity index (χ1) is 12.4. The van der Waals surface area contributed by atoms with Crippen LogP contribution >= 0.6 is 0 Å². The first-order valence-corrected chi connectivity index (χ1v) is 9.29. The Balaban J connectivity index is 1.36. The van der Waals surface area contributed by atoms with Crippen LogP contribution in [0, 0.1) is 0 Å². The van der Waals surface area contributed by atoms with Crippen LogP contribution in [-0.4, -0.2) is 54.3 Å². The molecular formula is C20H26N4O. The molecule has 2 aliphatic rings. The van der Waals surface area contributed by atoms with Crippen LogP contribution in [0.5, 0.6) is 0 Å². The number of piperidine rings is 1. The second kappa shape index (κ2) is 7.93. The van der Waals surface area contributed by atoms with Crippen molar-refractivity contribution in [3.8, 4) is 0 Å². The van der Waals surface area contributed by atoms with Crippen LogP contribution in [0.15, 0.2) is 42.7 Å². The van der Waals surface area contributed by atoms with Crippen molar-refractivity contribution >= 4 is 5.95 Å². The Morgan fingerprint density at radius 1 is 1.00 bits per heavy atom. The average Bonchev–Trinajstić information content (AvgIpc) is 2.70. The molecule has 5 heteroatoms. The van der Waals surface area contributed by atoms with Gasteiger partial charge in [0.2, 0.25) is 5.95 Å². The Morgan fingerprint density at radius 3 is 2.52 bits per heavy atom. The summed E-state index contributed by atoms with van der Waals surface area (Å²) in [4.78, 5) is 13.9. The molecular weight excluding hydrogens is 312 g/mol. The van der Waals surface area contributed by atoms with E-state index in [1.54, 1.807) is 0 Å². The van der Waals surface area contributed by atoms with Gasteiger partial charge in [-0.15, -0.1) is 0 Å². The van der Waals surface area contributed by atoms with E-state index in [0.717, 1.165) is 51.9 Å². The van der Waals surface area contributed by atoms with Crippen LogP contribution < -0.4 is 4.90 Å². The smallest absolute Gasteiger partial charge is 0.225 e. The normalized spacial score (nSPS) is 22.1. The average molecular weight is 338 g/mol. The van der Waals surface area contributed by atoms with Gasteiger partial charge in [-0.05, 0) is 30.9 Å². The Morgan fingerprint density at radius 2 is 1.76 bits per heavy atom. The minimum atomic E-state index is 0.642. The van der Waals surface area contributed by atoms with Crippen molar-refractivity contribution < 1.29 is 4.74 Å². The third-order valence-corrected chi connectivity index (χ3v) is 5.17. The van der Waals surface area contributed by atoms with E-state index in [9.17, 15) is 0 Å². The summed E-state index contributed by atoms with van der Waals surface area (Å²) < 4.78 is 5.39. The third kappa shape index (κ3) is 4.17. The fourth-order valence-electron chi connectivity index (χ4n) is 3.81. The van der Waals surface area contributed by atoms with E-state index in [1.807, 2.05) is 12.4 Å². The van der Waals surface area contributed by atoms with Gasteiger partial charge in [0.25, 0.3) is 0 Å². The topological polar surface area (TPSA) is 41.5 Å². The number of rotatable bonds is 4. The molecule has 0 amide bonds. The molecule has 2 aromatic rings. The number of hydrogen-bond donors (Lipinski definition) is 0. The van der Waals surface area contributed by atoms with Gasteiger partial charge < -0.3 is 9.64 Å². The summed E-state index contributed by atoms with van der Waals surface area (Å²) in [6.07, 6.45) is 6.52. The molecule has 0 aliphatic carbocycles. The van der Waals surface area contributed by atoms with Gasteiger partial charge in [0.05, 0.1) is 13.2 Å². The summed E-state index contributed by atoms with van der Waals surface area (Å²) in [5.74, 6) is 1.47. The van der Waals surface area contributed by atoms with Gasteiger partial charge in [0.1, 0.15) is 0 Å². The van der Waals surface area contributed by atoms with E-state index in [0.29, 0.717) is 5.92 Å². The first-order valence-electron chi connectivity index (χ1n) is 9.29. The van der Waals surface area contributed by atoms with Crippen LogP contribution in [0.2, 0.25) is 0 Å². The molecule has 2 saturated heterocycles. The lowest BCUT2D eigenvalue weighted by atomic mass is 9.90. The Bertz CT molecular complexity index is 655. The zero-order chi connectivity index (χ0) is 16.9. The molecule has 0 spiro atoms. The Hall–Kier alpha value is -1.98. The predicted octanol–water partition coefficient (Wildman–Crippen LogP) is 2.69. The highest BCUT2D eigenvalue weighted by molar-refractivity contribution is 5.30. The largest absolute Gasteiger partial charge is 0.378 e. The molecule has 0 radical (unpaired) electrons. The standard InChI is InChI=1S/C20H26N4O/c1-2-5-18(6-3-1)19-7-4-8-23(16-19)15-17-13-21-20(22-14-17)24-9-11-25-12-10-24/h1-3,5-6,13-14,19H,4,7-12,15-16H2. The molecule has 3 heterocycles. The summed E-state index contributed by atoms with van der Waals surface area (Å²) in [7, 11) is 0. The molecule has 5 nitrogen and oxygen atoms in total. The zero-order valence-electron chi connectivity index (χ0n) is 14.7. The number of hydrogen-bond acceptors (Lipinski definition) is 5. The molecule has 2 fully saturated rings. The molecule has 1 aromatic carbocycles. The van der Waals surface area contributed by atoms with E-state index < -0.39 is 0 Å². The number of morpholine rings is 1. The van der Waals surface area contributed by atoms with E-state index >= 15 is 0 Å². The van der Waals surface area contributed by atoms with Crippen LogP contribution in [-0.2, 0) is 11.3 Å². The number of benzene rings is 1. The molecule has 0 saturated carbocycles. The predicted molar refractivity (Wildman–Crippen MR) is 98.8 cm³/mol. The summed E-state index contributed by atoms with van der Waals surface area (Å²) in [5, 5.41) is 0. The fourth-order valence-corrected chi connectivity index (χ4v) is 3.81. The van der Waals surface area contributed by atoms with Crippen molar-refractivity contribution in [3.05, 3.63) is 53.9 Å². The van der Waals surface area contributed by atoms with Gasteiger partial charge in [-0.2, -0.15) is 0 Å². The summed E-state index contributed by atoms with van der Waals surface area (Å²) in [6.45, 7) is 6.50. The minimum absolute atomic E-state index is 0.642. The Kier molecular flexibility index (Phi) is 5.23. The van der Waals surface area contributed by atoms with Crippen molar-refractivity contribution in [2.24, 2.45) is 0 Å². The van der Waals surface area contributed by atoms with Gasteiger partial charge in [0, 0.05) is 44.1 Å². The van der Waals surface area contributed by atoms with Crippen molar-refractivity contribution in [3.63, 3.8) is 0 Å². The third-order valence-electron chi connectivity index (χ3n) is 5.17. The molecule has 4 rings (SSSR count). The molecule has 0 bridgehead atoms. The highest BCUT2D eigenvalue weighted by Gasteiger charge is 2.21. The van der Waals surface area contributed by atoms with Crippen LogP contribution in [0.25, 0.3) is 0 Å². The number of anilines is 1. The van der Waals surface area contributed by atoms with Gasteiger partial charge in [-0.3, -0.25) is 4.90 Å². The number of likely N-dealkylation sites (tertiary alicyclic amines) is 1. The maximum atomic E-state index is 5.39. The van der Waals surface area contributed by atoms with Gasteiger partial charge in [-0.25, -0.2) is 9.97 Å². The van der Waals surface area contributed by atoms with Gasteiger partial charge in [-0.1, -0.05) is 30.3 Å². The monoisotopic (exact) mass is 338 g/mol. The maximum Gasteiger partial charge on any atom is 0.225 e. The van der Waals surface area contributed by atoms with Crippen molar-refractivity contribution in [2.45, 2.75) is 25.3 Å². The van der Waals surface area contributed by atoms with Crippen molar-refractivity contribution in [1.29, 1.82) is 0 Å². The molecule has 1 unspecified atom stereocenters.